The van der Waals surface area contributed by atoms with Gasteiger partial charge in [0.1, 0.15) is 0 Å². The lowest BCUT2D eigenvalue weighted by molar-refractivity contribution is -0.143. The molecule has 1 saturated heterocycles. The minimum Gasteiger partial charge on any atom is -0.466 e. The van der Waals surface area contributed by atoms with Crippen LogP contribution in [0.1, 0.15) is 27.2 Å². The van der Waals surface area contributed by atoms with Gasteiger partial charge in [0.15, 0.2) is 0 Å². The number of rotatable bonds is 6. The van der Waals surface area contributed by atoms with Gasteiger partial charge < -0.3 is 14.7 Å². The monoisotopic (exact) mass is 258 g/mol. The second-order valence-corrected chi connectivity index (χ2v) is 5.49. The Morgan fingerprint density at radius 1 is 1.22 bits per heavy atom. The molecule has 1 N–H and O–H groups in total. The van der Waals surface area contributed by atoms with E-state index in [9.17, 15) is 9.90 Å². The first kappa shape index (κ1) is 15.4. The van der Waals surface area contributed by atoms with Crippen molar-refractivity contribution in [3.05, 3.63) is 0 Å². The van der Waals surface area contributed by atoms with Gasteiger partial charge in [-0.05, 0) is 20.8 Å². The predicted molar refractivity (Wildman–Crippen MR) is 70.4 cm³/mol. The average molecular weight is 258 g/mol. The van der Waals surface area contributed by atoms with Crippen LogP contribution >= 0.6 is 0 Å². The van der Waals surface area contributed by atoms with E-state index in [-0.39, 0.29) is 5.97 Å². The van der Waals surface area contributed by atoms with Crippen molar-refractivity contribution < 1.29 is 14.6 Å². The highest BCUT2D eigenvalue weighted by atomic mass is 16.5. The van der Waals surface area contributed by atoms with E-state index in [0.717, 1.165) is 32.7 Å². The van der Waals surface area contributed by atoms with Crippen LogP contribution in [-0.4, -0.2) is 72.4 Å². The molecule has 0 saturated carbocycles. The molecular weight excluding hydrogens is 232 g/mol. The van der Waals surface area contributed by atoms with Gasteiger partial charge in [-0.2, -0.15) is 0 Å². The van der Waals surface area contributed by atoms with Crippen molar-refractivity contribution >= 4 is 5.97 Å². The molecule has 0 amide bonds. The van der Waals surface area contributed by atoms with Crippen LogP contribution in [-0.2, 0) is 9.53 Å². The van der Waals surface area contributed by atoms with Gasteiger partial charge in [-0.3, -0.25) is 9.69 Å². The third-order valence-electron chi connectivity index (χ3n) is 3.01. The predicted octanol–water partition coefficient (Wildman–Crippen LogP) is 0.328. The lowest BCUT2D eigenvalue weighted by atomic mass is 10.1. The number of carbonyl (C=O) groups is 1. The Morgan fingerprint density at radius 2 is 1.78 bits per heavy atom. The Kier molecular flexibility index (Phi) is 6.05. The molecule has 1 rings (SSSR count). The zero-order chi connectivity index (χ0) is 13.6. The molecule has 0 unspecified atom stereocenters. The van der Waals surface area contributed by atoms with Crippen molar-refractivity contribution in [3.63, 3.8) is 0 Å². The first-order chi connectivity index (χ1) is 8.40. The molecule has 1 aliphatic rings. The van der Waals surface area contributed by atoms with Gasteiger partial charge >= 0.3 is 5.97 Å². The number of piperazine rings is 1. The van der Waals surface area contributed by atoms with Crippen LogP contribution < -0.4 is 0 Å². The summed E-state index contributed by atoms with van der Waals surface area (Å²) in [5.74, 6) is -0.114. The quantitative estimate of drug-likeness (QED) is 0.696. The maximum Gasteiger partial charge on any atom is 0.307 e. The fourth-order valence-corrected chi connectivity index (χ4v) is 2.20. The number of aliphatic hydroxyl groups is 1. The molecule has 0 aliphatic carbocycles. The average Bonchev–Trinajstić information content (AvgIpc) is 2.26. The number of ether oxygens (including phenoxy) is 1. The Hall–Kier alpha value is -0.650. The second kappa shape index (κ2) is 7.07. The van der Waals surface area contributed by atoms with Gasteiger partial charge in [-0.25, -0.2) is 0 Å². The van der Waals surface area contributed by atoms with Crippen LogP contribution in [0.3, 0.4) is 0 Å². The standard InChI is InChI=1S/C13H26N2O3/c1-4-18-12(16)5-6-14-7-9-15(10-8-14)11-13(2,3)17/h17H,4-11H2,1-3H3. The molecule has 0 radical (unpaired) electrons. The maximum atomic E-state index is 11.2. The summed E-state index contributed by atoms with van der Waals surface area (Å²) in [4.78, 5) is 15.8. The summed E-state index contributed by atoms with van der Waals surface area (Å²) in [6.07, 6.45) is 0.472. The van der Waals surface area contributed by atoms with Gasteiger partial charge in [0.2, 0.25) is 0 Å². The Balaban J connectivity index is 2.17. The van der Waals surface area contributed by atoms with Crippen LogP contribution in [0, 0.1) is 0 Å². The van der Waals surface area contributed by atoms with Gasteiger partial charge in [0, 0.05) is 39.3 Å². The smallest absolute Gasteiger partial charge is 0.307 e. The lowest BCUT2D eigenvalue weighted by Crippen LogP contribution is -2.50. The van der Waals surface area contributed by atoms with Crippen LogP contribution in [0.25, 0.3) is 0 Å². The van der Waals surface area contributed by atoms with E-state index in [1.54, 1.807) is 0 Å². The van der Waals surface area contributed by atoms with Crippen molar-refractivity contribution in [1.29, 1.82) is 0 Å². The number of esters is 1. The first-order valence-corrected chi connectivity index (χ1v) is 6.73. The molecule has 0 aromatic rings. The summed E-state index contributed by atoms with van der Waals surface area (Å²) in [6, 6.07) is 0. The fraction of sp³-hybridized carbons (Fsp3) is 0.923. The molecule has 0 spiro atoms. The highest BCUT2D eigenvalue weighted by Gasteiger charge is 2.22. The number of nitrogens with zero attached hydrogens (tertiary/aromatic N) is 2. The zero-order valence-electron chi connectivity index (χ0n) is 11.8. The van der Waals surface area contributed by atoms with E-state index in [1.807, 2.05) is 20.8 Å². The molecule has 18 heavy (non-hydrogen) atoms. The largest absolute Gasteiger partial charge is 0.466 e. The molecule has 5 heteroatoms. The van der Waals surface area contributed by atoms with E-state index in [1.165, 1.54) is 0 Å². The Labute approximate surface area is 110 Å². The molecule has 1 fully saturated rings. The van der Waals surface area contributed by atoms with Gasteiger partial charge in [0.25, 0.3) is 0 Å². The number of β-amino-alcohol motifs (C(OH)–C–C–N with tert-alkyl or cyclic N) is 1. The van der Waals surface area contributed by atoms with Crippen molar-refractivity contribution in [2.24, 2.45) is 0 Å². The Bertz CT molecular complexity index is 255. The van der Waals surface area contributed by atoms with Gasteiger partial charge in [0.05, 0.1) is 18.6 Å². The van der Waals surface area contributed by atoms with E-state index < -0.39 is 5.60 Å². The van der Waals surface area contributed by atoms with Crippen molar-refractivity contribution in [3.8, 4) is 0 Å². The third-order valence-corrected chi connectivity index (χ3v) is 3.01. The number of hydrogen-bond acceptors (Lipinski definition) is 5. The molecule has 0 aromatic heterocycles. The lowest BCUT2D eigenvalue weighted by Gasteiger charge is -2.37. The summed E-state index contributed by atoms with van der Waals surface area (Å²) in [7, 11) is 0. The van der Waals surface area contributed by atoms with Gasteiger partial charge in [-0.15, -0.1) is 0 Å². The maximum absolute atomic E-state index is 11.2. The van der Waals surface area contributed by atoms with Crippen molar-refractivity contribution in [2.75, 3.05) is 45.9 Å². The van der Waals surface area contributed by atoms with Crippen LogP contribution in [0.4, 0.5) is 0 Å². The summed E-state index contributed by atoms with van der Waals surface area (Å²) < 4.78 is 4.91. The Morgan fingerprint density at radius 3 is 2.28 bits per heavy atom. The summed E-state index contributed by atoms with van der Waals surface area (Å²) in [5, 5.41) is 9.75. The zero-order valence-corrected chi connectivity index (χ0v) is 11.8. The van der Waals surface area contributed by atoms with Crippen LogP contribution in [0.15, 0.2) is 0 Å². The minimum atomic E-state index is -0.632. The second-order valence-electron chi connectivity index (χ2n) is 5.49. The summed E-state index contributed by atoms with van der Waals surface area (Å²) in [6.45, 7) is 11.2. The fourth-order valence-electron chi connectivity index (χ4n) is 2.20. The van der Waals surface area contributed by atoms with Crippen LogP contribution in [0.2, 0.25) is 0 Å². The number of carbonyl (C=O) groups excluding carboxylic acids is 1. The topological polar surface area (TPSA) is 53.0 Å². The van der Waals surface area contributed by atoms with E-state index in [2.05, 4.69) is 9.80 Å². The molecule has 0 bridgehead atoms. The highest BCUT2D eigenvalue weighted by molar-refractivity contribution is 5.69. The van der Waals surface area contributed by atoms with E-state index >= 15 is 0 Å². The molecular formula is C13H26N2O3. The normalized spacial score (nSPS) is 18.9. The van der Waals surface area contributed by atoms with Crippen LogP contribution in [0.5, 0.6) is 0 Å². The molecule has 5 nitrogen and oxygen atoms in total. The van der Waals surface area contributed by atoms with E-state index in [4.69, 9.17) is 4.74 Å². The summed E-state index contributed by atoms with van der Waals surface area (Å²) in [5.41, 5.74) is -0.632. The molecule has 0 aromatic carbocycles. The number of hydrogen-bond donors (Lipinski definition) is 1. The molecule has 1 heterocycles. The third kappa shape index (κ3) is 6.33. The molecule has 106 valence electrons. The molecule has 1 aliphatic heterocycles. The highest BCUT2D eigenvalue weighted by Crippen LogP contribution is 2.08. The summed E-state index contributed by atoms with van der Waals surface area (Å²) >= 11 is 0. The molecule has 0 atom stereocenters. The van der Waals surface area contributed by atoms with Gasteiger partial charge in [-0.1, -0.05) is 0 Å². The minimum absolute atomic E-state index is 0.114. The first-order valence-electron chi connectivity index (χ1n) is 6.73. The van der Waals surface area contributed by atoms with E-state index in [0.29, 0.717) is 19.6 Å². The SMILES string of the molecule is CCOC(=O)CCN1CCN(CC(C)(C)O)CC1. The van der Waals surface area contributed by atoms with Crippen molar-refractivity contribution in [2.45, 2.75) is 32.8 Å². The van der Waals surface area contributed by atoms with Crippen molar-refractivity contribution in [1.82, 2.24) is 9.80 Å².